The molecule has 0 aromatic heterocycles. The molecule has 110 valence electrons. The van der Waals surface area contributed by atoms with Crippen LogP contribution in [0, 0.1) is 5.92 Å². The number of nitrogens with zero attached hydrogens (tertiary/aromatic N) is 1. The maximum atomic E-state index is 12.3. The Morgan fingerprint density at radius 3 is 2.80 bits per heavy atom. The first-order valence-electron chi connectivity index (χ1n) is 6.33. The first-order valence-corrected chi connectivity index (χ1v) is 7.94. The van der Waals surface area contributed by atoms with Gasteiger partial charge in [0.1, 0.15) is 0 Å². The molecule has 1 unspecified atom stereocenters. The van der Waals surface area contributed by atoms with E-state index in [4.69, 9.17) is 5.73 Å². The average Bonchev–Trinajstić information content (AvgIpc) is 2.91. The van der Waals surface area contributed by atoms with Gasteiger partial charge in [0, 0.05) is 18.8 Å². The molecule has 7 heteroatoms. The number of hydrogen-bond donors (Lipinski definition) is 1. The van der Waals surface area contributed by atoms with Crippen molar-refractivity contribution >= 4 is 21.7 Å². The summed E-state index contributed by atoms with van der Waals surface area (Å²) in [5.74, 6) is -0.877. The summed E-state index contributed by atoms with van der Waals surface area (Å²) in [6.45, 7) is 0.524. The lowest BCUT2D eigenvalue weighted by atomic mass is 10.1. The highest BCUT2D eigenvalue weighted by Crippen LogP contribution is 2.24. The highest BCUT2D eigenvalue weighted by atomic mass is 32.2. The van der Waals surface area contributed by atoms with Crippen LogP contribution in [-0.2, 0) is 25.3 Å². The van der Waals surface area contributed by atoms with Gasteiger partial charge in [-0.1, -0.05) is 18.2 Å². The zero-order chi connectivity index (χ0) is 14.8. The number of esters is 1. The summed E-state index contributed by atoms with van der Waals surface area (Å²) in [5.41, 5.74) is 6.80. The number of carbonyl (C=O) groups excluding carboxylic acids is 1. The van der Waals surface area contributed by atoms with Crippen LogP contribution in [0.1, 0.15) is 12.0 Å². The predicted octanol–water partition coefficient (Wildman–Crippen LogP) is 0.593. The molecule has 1 aromatic carbocycles. The number of nitrogen functional groups attached to an aromatic ring is 1. The molecular weight excluding hydrogens is 280 g/mol. The summed E-state index contributed by atoms with van der Waals surface area (Å²) in [7, 11) is -2.15. The van der Waals surface area contributed by atoms with E-state index in [-0.39, 0.29) is 24.2 Å². The Balaban J connectivity index is 2.09. The number of carbonyl (C=O) groups is 1. The minimum Gasteiger partial charge on any atom is -0.469 e. The molecule has 2 rings (SSSR count). The summed E-state index contributed by atoms with van der Waals surface area (Å²) < 4.78 is 30.6. The molecule has 1 aliphatic heterocycles. The Kier molecular flexibility index (Phi) is 4.29. The van der Waals surface area contributed by atoms with Crippen molar-refractivity contribution in [3.05, 3.63) is 29.8 Å². The Bertz CT molecular complexity index is 600. The maximum absolute atomic E-state index is 12.3. The van der Waals surface area contributed by atoms with Gasteiger partial charge in [-0.05, 0) is 18.1 Å². The minimum absolute atomic E-state index is 0.145. The molecule has 1 saturated heterocycles. The fraction of sp³-hybridized carbons (Fsp3) is 0.462. The number of nitrogens with two attached hydrogens (primary N) is 1. The van der Waals surface area contributed by atoms with E-state index in [0.29, 0.717) is 24.2 Å². The first kappa shape index (κ1) is 14.8. The number of ether oxygens (including phenoxy) is 1. The average molecular weight is 298 g/mol. The van der Waals surface area contributed by atoms with Crippen LogP contribution in [0.25, 0.3) is 0 Å². The van der Waals surface area contributed by atoms with Gasteiger partial charge in [0.05, 0.1) is 18.8 Å². The van der Waals surface area contributed by atoms with Crippen LogP contribution in [0.3, 0.4) is 0 Å². The van der Waals surface area contributed by atoms with Crippen molar-refractivity contribution < 1.29 is 17.9 Å². The molecule has 1 heterocycles. The Morgan fingerprint density at radius 2 is 2.15 bits per heavy atom. The normalized spacial score (nSPS) is 19.9. The molecule has 1 atom stereocenters. The number of sulfonamides is 1. The Hall–Kier alpha value is -1.60. The third-order valence-electron chi connectivity index (χ3n) is 3.47. The standard InChI is InChI=1S/C13H18N2O4S/c1-19-13(16)10-6-7-15(8-10)20(17,18)9-11-4-2-3-5-12(11)14/h2-5,10H,6-9,14H2,1H3. The van der Waals surface area contributed by atoms with Crippen molar-refractivity contribution in [3.8, 4) is 0 Å². The molecule has 1 aliphatic rings. The molecule has 1 aromatic rings. The molecular formula is C13H18N2O4S. The summed E-state index contributed by atoms with van der Waals surface area (Å²) in [6.07, 6.45) is 0.496. The van der Waals surface area contributed by atoms with Crippen molar-refractivity contribution in [3.63, 3.8) is 0 Å². The van der Waals surface area contributed by atoms with E-state index in [2.05, 4.69) is 4.74 Å². The largest absolute Gasteiger partial charge is 0.469 e. The number of hydrogen-bond acceptors (Lipinski definition) is 5. The third-order valence-corrected chi connectivity index (χ3v) is 5.27. The zero-order valence-electron chi connectivity index (χ0n) is 11.3. The third kappa shape index (κ3) is 3.10. The van der Waals surface area contributed by atoms with Crippen molar-refractivity contribution in [2.45, 2.75) is 12.2 Å². The van der Waals surface area contributed by atoms with Crippen LogP contribution in [0.5, 0.6) is 0 Å². The maximum Gasteiger partial charge on any atom is 0.310 e. The number of rotatable bonds is 4. The van der Waals surface area contributed by atoms with Crippen LogP contribution in [-0.4, -0.2) is 38.9 Å². The monoisotopic (exact) mass is 298 g/mol. The second-order valence-corrected chi connectivity index (χ2v) is 6.79. The molecule has 0 bridgehead atoms. The summed E-state index contributed by atoms with van der Waals surface area (Å²) in [6, 6.07) is 6.88. The van der Waals surface area contributed by atoms with Crippen LogP contribution in [0.2, 0.25) is 0 Å². The topological polar surface area (TPSA) is 89.7 Å². The van der Waals surface area contributed by atoms with Crippen LogP contribution < -0.4 is 5.73 Å². The van der Waals surface area contributed by atoms with Gasteiger partial charge in [-0.25, -0.2) is 12.7 Å². The highest BCUT2D eigenvalue weighted by molar-refractivity contribution is 7.88. The van der Waals surface area contributed by atoms with E-state index >= 15 is 0 Å². The van der Waals surface area contributed by atoms with Crippen LogP contribution in [0.4, 0.5) is 5.69 Å². The lowest BCUT2D eigenvalue weighted by Crippen LogP contribution is -2.31. The van der Waals surface area contributed by atoms with E-state index in [1.165, 1.54) is 11.4 Å². The van der Waals surface area contributed by atoms with Crippen molar-refractivity contribution in [1.29, 1.82) is 0 Å². The summed E-state index contributed by atoms with van der Waals surface area (Å²) in [4.78, 5) is 11.4. The lowest BCUT2D eigenvalue weighted by Gasteiger charge is -2.16. The molecule has 1 fully saturated rings. The van der Waals surface area contributed by atoms with Gasteiger partial charge in [-0.15, -0.1) is 0 Å². The molecule has 0 amide bonds. The number of para-hydroxylation sites is 1. The van der Waals surface area contributed by atoms with Crippen molar-refractivity contribution in [1.82, 2.24) is 4.31 Å². The highest BCUT2D eigenvalue weighted by Gasteiger charge is 2.35. The Morgan fingerprint density at radius 1 is 1.45 bits per heavy atom. The Labute approximate surface area is 118 Å². The van der Waals surface area contributed by atoms with E-state index in [0.717, 1.165) is 0 Å². The molecule has 0 radical (unpaired) electrons. The van der Waals surface area contributed by atoms with E-state index in [1.54, 1.807) is 24.3 Å². The first-order chi connectivity index (χ1) is 9.44. The molecule has 0 saturated carbocycles. The molecule has 6 nitrogen and oxygen atoms in total. The molecule has 20 heavy (non-hydrogen) atoms. The smallest absolute Gasteiger partial charge is 0.310 e. The summed E-state index contributed by atoms with van der Waals surface area (Å²) in [5, 5.41) is 0. The van der Waals surface area contributed by atoms with E-state index in [1.807, 2.05) is 0 Å². The molecule has 2 N–H and O–H groups in total. The van der Waals surface area contributed by atoms with Gasteiger partial charge in [0.2, 0.25) is 10.0 Å². The second kappa shape index (κ2) is 5.80. The van der Waals surface area contributed by atoms with Crippen LogP contribution in [0.15, 0.2) is 24.3 Å². The molecule has 0 aliphatic carbocycles. The van der Waals surface area contributed by atoms with Gasteiger partial charge in [0.15, 0.2) is 0 Å². The fourth-order valence-corrected chi connectivity index (χ4v) is 3.92. The van der Waals surface area contributed by atoms with Gasteiger partial charge in [0.25, 0.3) is 0 Å². The van der Waals surface area contributed by atoms with Crippen molar-refractivity contribution in [2.75, 3.05) is 25.9 Å². The quantitative estimate of drug-likeness (QED) is 0.649. The van der Waals surface area contributed by atoms with Gasteiger partial charge >= 0.3 is 5.97 Å². The second-order valence-electron chi connectivity index (χ2n) is 4.82. The summed E-state index contributed by atoms with van der Waals surface area (Å²) >= 11 is 0. The van der Waals surface area contributed by atoms with Crippen LogP contribution >= 0.6 is 0 Å². The minimum atomic E-state index is -3.46. The van der Waals surface area contributed by atoms with Gasteiger partial charge in [-0.3, -0.25) is 4.79 Å². The zero-order valence-corrected chi connectivity index (χ0v) is 12.1. The van der Waals surface area contributed by atoms with E-state index < -0.39 is 10.0 Å². The number of methoxy groups -OCH3 is 1. The van der Waals surface area contributed by atoms with Crippen molar-refractivity contribution in [2.24, 2.45) is 5.92 Å². The number of benzene rings is 1. The molecule has 0 spiro atoms. The lowest BCUT2D eigenvalue weighted by molar-refractivity contribution is -0.144. The SMILES string of the molecule is COC(=O)C1CCN(S(=O)(=O)Cc2ccccc2N)C1. The van der Waals surface area contributed by atoms with E-state index in [9.17, 15) is 13.2 Å². The predicted molar refractivity (Wildman–Crippen MR) is 75.2 cm³/mol. The number of anilines is 1. The van der Waals surface area contributed by atoms with Gasteiger partial charge < -0.3 is 10.5 Å². The fourth-order valence-electron chi connectivity index (χ4n) is 2.29. The van der Waals surface area contributed by atoms with Gasteiger partial charge in [-0.2, -0.15) is 0 Å².